The van der Waals surface area contributed by atoms with Gasteiger partial charge in [0, 0.05) is 0 Å². The van der Waals surface area contributed by atoms with Crippen LogP contribution in [0.15, 0.2) is 41.0 Å². The molecule has 0 saturated heterocycles. The van der Waals surface area contributed by atoms with Crippen molar-refractivity contribution in [2.24, 2.45) is 0 Å². The monoisotopic (exact) mass is 270 g/mol. The minimum absolute atomic E-state index is 0.633. The Morgan fingerprint density at radius 3 is 2.57 bits per heavy atom. The molecule has 1 aromatic heterocycles. The van der Waals surface area contributed by atoms with Gasteiger partial charge in [0.1, 0.15) is 5.15 Å². The smallest absolute Gasteiger partial charge is 0.141 e. The van der Waals surface area contributed by atoms with E-state index in [1.807, 2.05) is 30.3 Å². The van der Waals surface area contributed by atoms with Crippen LogP contribution in [0.25, 0.3) is 0 Å². The summed E-state index contributed by atoms with van der Waals surface area (Å²) in [6, 6.07) is 10.1. The average molecular weight is 272 g/mol. The second-order valence-electron chi connectivity index (χ2n) is 2.93. The van der Waals surface area contributed by atoms with Crippen molar-refractivity contribution in [3.63, 3.8) is 0 Å². The van der Waals surface area contributed by atoms with E-state index in [0.29, 0.717) is 11.7 Å². The van der Waals surface area contributed by atoms with Crippen molar-refractivity contribution in [3.05, 3.63) is 51.7 Å². The first-order valence-electron chi connectivity index (χ1n) is 4.18. The maximum Gasteiger partial charge on any atom is 0.141 e. The Kier molecular flexibility index (Phi) is 2.89. The fourth-order valence-corrected chi connectivity index (χ4v) is 1.66. The second kappa shape index (κ2) is 4.15. The summed E-state index contributed by atoms with van der Waals surface area (Å²) < 4.78 is 2.58. The van der Waals surface area contributed by atoms with Crippen LogP contribution in [0, 0.1) is 0 Å². The maximum atomic E-state index is 6.01. The lowest BCUT2D eigenvalue weighted by Gasteiger charge is -2.02. The van der Waals surface area contributed by atoms with Gasteiger partial charge in [-0.2, -0.15) is 5.10 Å². The van der Waals surface area contributed by atoms with Crippen molar-refractivity contribution in [1.82, 2.24) is 9.78 Å². The van der Waals surface area contributed by atoms with Gasteiger partial charge in [-0.25, -0.2) is 4.68 Å². The summed E-state index contributed by atoms with van der Waals surface area (Å²) in [5, 5.41) is 4.78. The zero-order valence-electron chi connectivity index (χ0n) is 7.32. The number of halogens is 2. The Bertz CT molecular complexity index is 425. The second-order valence-corrected chi connectivity index (χ2v) is 4.14. The number of rotatable bonds is 2. The van der Waals surface area contributed by atoms with E-state index in [-0.39, 0.29) is 0 Å². The molecule has 0 fully saturated rings. The van der Waals surface area contributed by atoms with E-state index in [9.17, 15) is 0 Å². The first-order valence-corrected chi connectivity index (χ1v) is 5.35. The molecule has 0 N–H and O–H groups in total. The summed E-state index contributed by atoms with van der Waals surface area (Å²) in [5.41, 5.74) is 1.19. The molecule has 0 unspecified atom stereocenters. The van der Waals surface area contributed by atoms with E-state index >= 15 is 0 Å². The summed E-state index contributed by atoms with van der Waals surface area (Å²) in [6.07, 6.45) is 1.70. The summed E-state index contributed by atoms with van der Waals surface area (Å²) in [5.74, 6) is 0. The Hall–Kier alpha value is -0.800. The predicted octanol–water partition coefficient (Wildman–Crippen LogP) is 3.35. The van der Waals surface area contributed by atoms with Crippen molar-refractivity contribution < 1.29 is 0 Å². The van der Waals surface area contributed by atoms with Crippen molar-refractivity contribution >= 4 is 27.5 Å². The quantitative estimate of drug-likeness (QED) is 0.819. The lowest BCUT2D eigenvalue weighted by Crippen LogP contribution is -2.00. The van der Waals surface area contributed by atoms with Crippen LogP contribution in [0.5, 0.6) is 0 Å². The Balaban J connectivity index is 2.23. The number of aromatic nitrogens is 2. The van der Waals surface area contributed by atoms with E-state index in [1.54, 1.807) is 10.9 Å². The van der Waals surface area contributed by atoms with Gasteiger partial charge in [-0.1, -0.05) is 41.9 Å². The van der Waals surface area contributed by atoms with Crippen LogP contribution in [0.3, 0.4) is 0 Å². The summed E-state index contributed by atoms with van der Waals surface area (Å²) >= 11 is 9.33. The zero-order valence-corrected chi connectivity index (χ0v) is 9.66. The molecular formula is C10H8BrClN2. The van der Waals surface area contributed by atoms with Crippen molar-refractivity contribution in [1.29, 1.82) is 0 Å². The van der Waals surface area contributed by atoms with Crippen molar-refractivity contribution in [2.45, 2.75) is 6.54 Å². The molecule has 1 heterocycles. The van der Waals surface area contributed by atoms with Crippen LogP contribution in [0.2, 0.25) is 5.15 Å². The Morgan fingerprint density at radius 1 is 1.29 bits per heavy atom. The van der Waals surface area contributed by atoms with Gasteiger partial charge in [-0.15, -0.1) is 0 Å². The van der Waals surface area contributed by atoms with E-state index in [2.05, 4.69) is 21.0 Å². The molecule has 72 valence electrons. The molecule has 0 spiro atoms. The van der Waals surface area contributed by atoms with Gasteiger partial charge in [0.2, 0.25) is 0 Å². The highest BCUT2D eigenvalue weighted by atomic mass is 79.9. The Labute approximate surface area is 95.6 Å². The number of hydrogen-bond acceptors (Lipinski definition) is 1. The topological polar surface area (TPSA) is 17.8 Å². The van der Waals surface area contributed by atoms with Gasteiger partial charge in [-0.05, 0) is 21.5 Å². The molecule has 0 aliphatic heterocycles. The molecule has 0 atom stereocenters. The fourth-order valence-electron chi connectivity index (χ4n) is 1.21. The van der Waals surface area contributed by atoms with Gasteiger partial charge < -0.3 is 0 Å². The summed E-state index contributed by atoms with van der Waals surface area (Å²) in [7, 11) is 0. The number of nitrogens with zero attached hydrogens (tertiary/aromatic N) is 2. The lowest BCUT2D eigenvalue weighted by atomic mass is 10.2. The highest BCUT2D eigenvalue weighted by molar-refractivity contribution is 9.10. The molecular weight excluding hydrogens is 263 g/mol. The molecule has 0 bridgehead atoms. The molecule has 2 rings (SSSR count). The summed E-state index contributed by atoms with van der Waals surface area (Å²) in [4.78, 5) is 0. The molecule has 0 amide bonds. The highest BCUT2D eigenvalue weighted by Crippen LogP contribution is 2.21. The minimum Gasteiger partial charge on any atom is -0.248 e. The van der Waals surface area contributed by atoms with E-state index in [1.165, 1.54) is 5.56 Å². The van der Waals surface area contributed by atoms with Gasteiger partial charge in [0.25, 0.3) is 0 Å². The molecule has 2 nitrogen and oxygen atoms in total. The number of hydrogen-bond donors (Lipinski definition) is 0. The normalized spacial score (nSPS) is 10.4. The van der Waals surface area contributed by atoms with Crippen LogP contribution in [0.1, 0.15) is 5.56 Å². The molecule has 1 aromatic carbocycles. The molecule has 0 saturated carbocycles. The van der Waals surface area contributed by atoms with Crippen LogP contribution >= 0.6 is 27.5 Å². The van der Waals surface area contributed by atoms with Crippen molar-refractivity contribution in [3.8, 4) is 0 Å². The van der Waals surface area contributed by atoms with E-state index < -0.39 is 0 Å². The third kappa shape index (κ3) is 1.99. The SMILES string of the molecule is Clc1c(Br)cnn1Cc1ccccc1. The molecule has 0 radical (unpaired) electrons. The highest BCUT2D eigenvalue weighted by Gasteiger charge is 2.05. The molecule has 14 heavy (non-hydrogen) atoms. The van der Waals surface area contributed by atoms with Gasteiger partial charge >= 0.3 is 0 Å². The van der Waals surface area contributed by atoms with Crippen molar-refractivity contribution in [2.75, 3.05) is 0 Å². The molecule has 0 aliphatic carbocycles. The van der Waals surface area contributed by atoms with E-state index in [4.69, 9.17) is 11.6 Å². The first-order chi connectivity index (χ1) is 6.77. The minimum atomic E-state index is 0.633. The number of benzene rings is 1. The summed E-state index contributed by atoms with van der Waals surface area (Å²) in [6.45, 7) is 0.700. The largest absolute Gasteiger partial charge is 0.248 e. The van der Waals surface area contributed by atoms with Gasteiger partial charge in [0.05, 0.1) is 17.2 Å². The lowest BCUT2D eigenvalue weighted by molar-refractivity contribution is 0.687. The molecule has 0 aliphatic rings. The van der Waals surface area contributed by atoms with Crippen LogP contribution in [0.4, 0.5) is 0 Å². The van der Waals surface area contributed by atoms with Gasteiger partial charge in [0.15, 0.2) is 0 Å². The standard InChI is InChI=1S/C10H8BrClN2/c11-9-6-13-14(10(9)12)7-8-4-2-1-3-5-8/h1-6H,7H2. The van der Waals surface area contributed by atoms with Gasteiger partial charge in [-0.3, -0.25) is 0 Å². The first kappa shape index (κ1) is 9.74. The third-order valence-corrected chi connectivity index (χ3v) is 3.12. The van der Waals surface area contributed by atoms with Crippen LogP contribution in [-0.4, -0.2) is 9.78 Å². The zero-order chi connectivity index (χ0) is 9.97. The molecule has 4 heteroatoms. The predicted molar refractivity (Wildman–Crippen MR) is 60.5 cm³/mol. The third-order valence-electron chi connectivity index (χ3n) is 1.91. The van der Waals surface area contributed by atoms with Crippen LogP contribution in [-0.2, 0) is 6.54 Å². The Morgan fingerprint density at radius 2 is 2.00 bits per heavy atom. The molecule has 2 aromatic rings. The fraction of sp³-hybridized carbons (Fsp3) is 0.100. The average Bonchev–Trinajstić information content (AvgIpc) is 2.52. The maximum absolute atomic E-state index is 6.01. The van der Waals surface area contributed by atoms with Crippen LogP contribution < -0.4 is 0 Å². The van der Waals surface area contributed by atoms with E-state index in [0.717, 1.165) is 4.47 Å².